The molecular weight excluding hydrogens is 232 g/mol. The molecule has 2 heteroatoms. The average Bonchev–Trinajstić information content (AvgIpc) is 2.86. The Morgan fingerprint density at radius 1 is 0.895 bits per heavy atom. The fourth-order valence-corrected chi connectivity index (χ4v) is 2.69. The smallest absolute Gasteiger partial charge is 0.0953 e. The van der Waals surface area contributed by atoms with Gasteiger partial charge in [-0.25, -0.2) is 0 Å². The zero-order chi connectivity index (χ0) is 13.2. The van der Waals surface area contributed by atoms with Gasteiger partial charge in [-0.15, -0.1) is 0 Å². The fraction of sp³-hybridized carbons (Fsp3) is 0.294. The Morgan fingerprint density at radius 3 is 2.21 bits per heavy atom. The van der Waals surface area contributed by atoms with E-state index in [1.54, 1.807) is 0 Å². The van der Waals surface area contributed by atoms with Gasteiger partial charge in [0, 0.05) is 12.2 Å². The number of anilines is 3. The fourth-order valence-electron chi connectivity index (χ4n) is 2.69. The van der Waals surface area contributed by atoms with Crippen molar-refractivity contribution in [2.45, 2.75) is 20.3 Å². The number of nitrogens with zero attached hydrogens (tertiary/aromatic N) is 2. The summed E-state index contributed by atoms with van der Waals surface area (Å²) in [4.78, 5) is 4.79. The van der Waals surface area contributed by atoms with Crippen molar-refractivity contribution >= 4 is 17.1 Å². The van der Waals surface area contributed by atoms with E-state index in [0.29, 0.717) is 0 Å². The van der Waals surface area contributed by atoms with Crippen molar-refractivity contribution < 1.29 is 0 Å². The van der Waals surface area contributed by atoms with Crippen molar-refractivity contribution in [2.75, 3.05) is 23.0 Å². The van der Waals surface area contributed by atoms with E-state index < -0.39 is 0 Å². The highest BCUT2D eigenvalue weighted by Crippen LogP contribution is 2.39. The van der Waals surface area contributed by atoms with Crippen LogP contribution in [0.1, 0.15) is 19.4 Å². The third kappa shape index (κ3) is 2.07. The van der Waals surface area contributed by atoms with Gasteiger partial charge in [0.05, 0.1) is 18.0 Å². The number of benzene rings is 2. The van der Waals surface area contributed by atoms with E-state index >= 15 is 0 Å². The molecule has 1 aliphatic heterocycles. The average molecular weight is 252 g/mol. The Kier molecular flexibility index (Phi) is 3.16. The van der Waals surface area contributed by atoms with Crippen molar-refractivity contribution in [1.82, 2.24) is 0 Å². The first-order valence-electron chi connectivity index (χ1n) is 7.04. The van der Waals surface area contributed by atoms with E-state index in [9.17, 15) is 0 Å². The molecule has 0 bridgehead atoms. The molecule has 1 heterocycles. The molecule has 1 aliphatic rings. The molecule has 0 aliphatic carbocycles. The minimum atomic E-state index is 0.946. The monoisotopic (exact) mass is 252 g/mol. The summed E-state index contributed by atoms with van der Waals surface area (Å²) in [6.45, 7) is 6.39. The van der Waals surface area contributed by atoms with Crippen LogP contribution in [-0.2, 0) is 6.42 Å². The maximum atomic E-state index is 2.41. The van der Waals surface area contributed by atoms with E-state index in [0.717, 1.165) is 19.6 Å². The standard InChI is InChI=1S/C17H20N2/c1-3-14-9-11-15(12-10-14)19-13-18(4-2)16-7-5-6-8-17(16)19/h5-12H,3-4,13H2,1-2H3. The van der Waals surface area contributed by atoms with Gasteiger partial charge in [-0.2, -0.15) is 0 Å². The van der Waals surface area contributed by atoms with Gasteiger partial charge in [0.15, 0.2) is 0 Å². The maximum absolute atomic E-state index is 2.41. The van der Waals surface area contributed by atoms with E-state index in [1.807, 2.05) is 0 Å². The molecule has 0 amide bonds. The van der Waals surface area contributed by atoms with Crippen molar-refractivity contribution in [3.63, 3.8) is 0 Å². The van der Waals surface area contributed by atoms with Crippen LogP contribution >= 0.6 is 0 Å². The van der Waals surface area contributed by atoms with E-state index in [4.69, 9.17) is 0 Å². The molecule has 2 aromatic carbocycles. The molecule has 0 atom stereocenters. The second kappa shape index (κ2) is 4.96. The Labute approximate surface area is 115 Å². The Bertz CT molecular complexity index is 560. The highest BCUT2D eigenvalue weighted by atomic mass is 15.4. The van der Waals surface area contributed by atoms with Gasteiger partial charge in [0.2, 0.25) is 0 Å². The first-order valence-corrected chi connectivity index (χ1v) is 7.04. The molecule has 2 nitrogen and oxygen atoms in total. The third-order valence-electron chi connectivity index (χ3n) is 3.86. The summed E-state index contributed by atoms with van der Waals surface area (Å²) < 4.78 is 0. The van der Waals surface area contributed by atoms with Gasteiger partial charge >= 0.3 is 0 Å². The van der Waals surface area contributed by atoms with Crippen molar-refractivity contribution in [3.05, 3.63) is 54.1 Å². The summed E-state index contributed by atoms with van der Waals surface area (Å²) in [5, 5.41) is 0. The summed E-state index contributed by atoms with van der Waals surface area (Å²) in [7, 11) is 0. The van der Waals surface area contributed by atoms with Gasteiger partial charge in [0.1, 0.15) is 0 Å². The maximum Gasteiger partial charge on any atom is 0.0953 e. The molecule has 19 heavy (non-hydrogen) atoms. The zero-order valence-electron chi connectivity index (χ0n) is 11.6. The Balaban J connectivity index is 1.97. The van der Waals surface area contributed by atoms with Gasteiger partial charge in [0.25, 0.3) is 0 Å². The SMILES string of the molecule is CCc1ccc(N2CN(CC)c3ccccc32)cc1. The first kappa shape index (κ1) is 12.1. The van der Waals surface area contributed by atoms with Crippen molar-refractivity contribution in [3.8, 4) is 0 Å². The highest BCUT2D eigenvalue weighted by molar-refractivity contribution is 5.82. The largest absolute Gasteiger partial charge is 0.352 e. The van der Waals surface area contributed by atoms with Crippen LogP contribution in [0.15, 0.2) is 48.5 Å². The van der Waals surface area contributed by atoms with Gasteiger partial charge in [-0.05, 0) is 43.2 Å². The van der Waals surface area contributed by atoms with E-state index in [-0.39, 0.29) is 0 Å². The summed E-state index contributed by atoms with van der Waals surface area (Å²) in [5.74, 6) is 0. The van der Waals surface area contributed by atoms with Crippen LogP contribution in [0.25, 0.3) is 0 Å². The van der Waals surface area contributed by atoms with Crippen LogP contribution in [0.3, 0.4) is 0 Å². The topological polar surface area (TPSA) is 6.48 Å². The van der Waals surface area contributed by atoms with Crippen LogP contribution in [-0.4, -0.2) is 13.2 Å². The van der Waals surface area contributed by atoms with E-state index in [2.05, 4.69) is 72.2 Å². The molecule has 0 N–H and O–H groups in total. The number of rotatable bonds is 3. The second-order valence-electron chi connectivity index (χ2n) is 4.93. The molecule has 0 saturated heterocycles. The van der Waals surface area contributed by atoms with E-state index in [1.165, 1.54) is 22.6 Å². The van der Waals surface area contributed by atoms with Crippen LogP contribution in [0.4, 0.5) is 17.1 Å². The first-order chi connectivity index (χ1) is 9.33. The molecular formula is C17H20N2. The minimum Gasteiger partial charge on any atom is -0.352 e. The van der Waals surface area contributed by atoms with Crippen LogP contribution in [0.2, 0.25) is 0 Å². The highest BCUT2D eigenvalue weighted by Gasteiger charge is 2.24. The summed E-state index contributed by atoms with van der Waals surface area (Å²) >= 11 is 0. The molecule has 0 unspecified atom stereocenters. The van der Waals surface area contributed by atoms with Crippen molar-refractivity contribution in [1.29, 1.82) is 0 Å². The molecule has 2 aromatic rings. The normalized spacial score (nSPS) is 13.8. The lowest BCUT2D eigenvalue weighted by Gasteiger charge is -2.21. The third-order valence-corrected chi connectivity index (χ3v) is 3.86. The molecule has 3 rings (SSSR count). The van der Waals surface area contributed by atoms with Gasteiger partial charge < -0.3 is 9.80 Å². The predicted molar refractivity (Wildman–Crippen MR) is 82.3 cm³/mol. The molecule has 0 aromatic heterocycles. The van der Waals surface area contributed by atoms with Crippen LogP contribution in [0.5, 0.6) is 0 Å². The lowest BCUT2D eigenvalue weighted by Crippen LogP contribution is -2.27. The quantitative estimate of drug-likeness (QED) is 0.808. The van der Waals surface area contributed by atoms with Gasteiger partial charge in [-0.3, -0.25) is 0 Å². The summed E-state index contributed by atoms with van der Waals surface area (Å²) in [6.07, 6.45) is 1.10. The Hall–Kier alpha value is -1.96. The van der Waals surface area contributed by atoms with Gasteiger partial charge in [-0.1, -0.05) is 31.2 Å². The predicted octanol–water partition coefficient (Wildman–Crippen LogP) is 4.18. The molecule has 0 spiro atoms. The summed E-state index contributed by atoms with van der Waals surface area (Å²) in [5.41, 5.74) is 5.32. The number of para-hydroxylation sites is 2. The minimum absolute atomic E-state index is 0.946. The zero-order valence-corrected chi connectivity index (χ0v) is 11.6. The second-order valence-corrected chi connectivity index (χ2v) is 4.93. The lowest BCUT2D eigenvalue weighted by atomic mass is 10.1. The summed E-state index contributed by atoms with van der Waals surface area (Å²) in [6, 6.07) is 17.6. The van der Waals surface area contributed by atoms with Crippen LogP contribution in [0, 0.1) is 0 Å². The number of hydrogen-bond acceptors (Lipinski definition) is 2. The Morgan fingerprint density at radius 2 is 1.58 bits per heavy atom. The number of fused-ring (bicyclic) bond motifs is 1. The van der Waals surface area contributed by atoms with Crippen molar-refractivity contribution in [2.24, 2.45) is 0 Å². The number of aryl methyl sites for hydroxylation is 1. The number of hydrogen-bond donors (Lipinski definition) is 0. The molecule has 0 fully saturated rings. The van der Waals surface area contributed by atoms with Crippen LogP contribution < -0.4 is 9.80 Å². The lowest BCUT2D eigenvalue weighted by molar-refractivity contribution is 0.864. The molecule has 0 saturated carbocycles. The molecule has 0 radical (unpaired) electrons. The molecule has 98 valence electrons.